The Balaban J connectivity index is 3.04. The SMILES string of the molecule is CC(=O)N(C(N)=S)c1ccc(N(C)C)cc1. The molecule has 2 N–H and O–H groups in total. The van der Waals surface area contributed by atoms with Crippen LogP contribution in [0, 0.1) is 0 Å². The Morgan fingerprint density at radius 3 is 1.94 bits per heavy atom. The summed E-state index contributed by atoms with van der Waals surface area (Å²) < 4.78 is 0. The van der Waals surface area contributed by atoms with Crippen LogP contribution in [0.3, 0.4) is 0 Å². The summed E-state index contributed by atoms with van der Waals surface area (Å²) in [5.74, 6) is -0.190. The van der Waals surface area contributed by atoms with E-state index in [4.69, 9.17) is 18.0 Å². The zero-order valence-corrected chi connectivity index (χ0v) is 10.4. The summed E-state index contributed by atoms with van der Waals surface area (Å²) in [6.07, 6.45) is 0. The lowest BCUT2D eigenvalue weighted by Gasteiger charge is -2.20. The molecule has 0 saturated heterocycles. The van der Waals surface area contributed by atoms with Gasteiger partial charge in [-0.15, -0.1) is 0 Å². The number of nitrogens with two attached hydrogens (primary N) is 1. The van der Waals surface area contributed by atoms with Gasteiger partial charge in [-0.05, 0) is 36.5 Å². The maximum absolute atomic E-state index is 11.4. The molecule has 0 aliphatic carbocycles. The van der Waals surface area contributed by atoms with E-state index in [9.17, 15) is 4.79 Å². The van der Waals surface area contributed by atoms with Gasteiger partial charge in [0.1, 0.15) is 0 Å². The van der Waals surface area contributed by atoms with E-state index >= 15 is 0 Å². The highest BCUT2D eigenvalue weighted by Crippen LogP contribution is 2.19. The predicted octanol–water partition coefficient (Wildman–Crippen LogP) is 1.35. The minimum Gasteiger partial charge on any atom is -0.378 e. The number of benzene rings is 1. The number of hydrogen-bond donors (Lipinski definition) is 1. The minimum absolute atomic E-state index is 0.0603. The summed E-state index contributed by atoms with van der Waals surface area (Å²) >= 11 is 4.83. The molecule has 4 nitrogen and oxygen atoms in total. The fourth-order valence-electron chi connectivity index (χ4n) is 1.36. The van der Waals surface area contributed by atoms with Crippen molar-refractivity contribution in [1.29, 1.82) is 0 Å². The third-order valence-electron chi connectivity index (χ3n) is 2.16. The summed E-state index contributed by atoms with van der Waals surface area (Å²) in [7, 11) is 3.90. The molecule has 0 saturated carbocycles. The first kappa shape index (κ1) is 12.4. The molecule has 0 atom stereocenters. The van der Waals surface area contributed by atoms with E-state index in [0.717, 1.165) is 5.69 Å². The van der Waals surface area contributed by atoms with Crippen molar-refractivity contribution in [3.8, 4) is 0 Å². The molecule has 5 heteroatoms. The molecule has 1 aromatic rings. The quantitative estimate of drug-likeness (QED) is 0.789. The molecule has 1 rings (SSSR count). The monoisotopic (exact) mass is 237 g/mol. The van der Waals surface area contributed by atoms with Crippen molar-refractivity contribution in [2.24, 2.45) is 5.73 Å². The molecule has 0 fully saturated rings. The van der Waals surface area contributed by atoms with E-state index in [1.54, 1.807) is 0 Å². The van der Waals surface area contributed by atoms with E-state index in [0.29, 0.717) is 5.69 Å². The molecule has 1 aromatic carbocycles. The van der Waals surface area contributed by atoms with Gasteiger partial charge in [-0.2, -0.15) is 0 Å². The highest BCUT2D eigenvalue weighted by atomic mass is 32.1. The van der Waals surface area contributed by atoms with Crippen molar-refractivity contribution >= 4 is 34.6 Å². The Morgan fingerprint density at radius 1 is 1.19 bits per heavy atom. The Morgan fingerprint density at radius 2 is 1.62 bits per heavy atom. The second-order valence-electron chi connectivity index (χ2n) is 3.60. The van der Waals surface area contributed by atoms with Crippen LogP contribution in [-0.4, -0.2) is 25.1 Å². The summed E-state index contributed by atoms with van der Waals surface area (Å²) in [4.78, 5) is 14.6. The highest BCUT2D eigenvalue weighted by molar-refractivity contribution is 7.80. The van der Waals surface area contributed by atoms with E-state index in [1.807, 2.05) is 43.3 Å². The first-order valence-electron chi connectivity index (χ1n) is 4.81. The number of thiocarbonyl (C=S) groups is 1. The van der Waals surface area contributed by atoms with Gasteiger partial charge in [-0.1, -0.05) is 0 Å². The molecule has 0 aliphatic rings. The van der Waals surface area contributed by atoms with Gasteiger partial charge in [-0.25, -0.2) is 0 Å². The lowest BCUT2D eigenvalue weighted by Crippen LogP contribution is -2.39. The third kappa shape index (κ3) is 2.70. The average molecular weight is 237 g/mol. The van der Waals surface area contributed by atoms with Crippen LogP contribution in [0.1, 0.15) is 6.92 Å². The molecular formula is C11H15N3OS. The summed E-state index contributed by atoms with van der Waals surface area (Å²) in [6, 6.07) is 7.44. The van der Waals surface area contributed by atoms with Crippen molar-refractivity contribution in [2.75, 3.05) is 23.9 Å². The summed E-state index contributed by atoms with van der Waals surface area (Å²) in [5.41, 5.74) is 7.23. The maximum Gasteiger partial charge on any atom is 0.230 e. The minimum atomic E-state index is -0.190. The van der Waals surface area contributed by atoms with Crippen molar-refractivity contribution in [1.82, 2.24) is 0 Å². The molecule has 0 bridgehead atoms. The van der Waals surface area contributed by atoms with Crippen molar-refractivity contribution in [3.63, 3.8) is 0 Å². The molecule has 0 aliphatic heterocycles. The second kappa shape index (κ2) is 4.94. The lowest BCUT2D eigenvalue weighted by molar-refractivity contribution is -0.115. The normalized spacial score (nSPS) is 9.69. The Labute approximate surface area is 101 Å². The predicted molar refractivity (Wildman–Crippen MR) is 70.7 cm³/mol. The number of carbonyl (C=O) groups is 1. The van der Waals surface area contributed by atoms with E-state index in [1.165, 1.54) is 11.8 Å². The standard InChI is InChI=1S/C11H15N3OS/c1-8(15)14(11(12)16)10-6-4-9(5-7-10)13(2)3/h4-7H,1-3H3,(H2,12,16). The van der Waals surface area contributed by atoms with Crippen LogP contribution >= 0.6 is 12.2 Å². The average Bonchev–Trinajstić information content (AvgIpc) is 2.17. The number of hydrogen-bond acceptors (Lipinski definition) is 3. The van der Waals surface area contributed by atoms with Gasteiger partial charge in [0.05, 0.1) is 5.69 Å². The van der Waals surface area contributed by atoms with Crippen LogP contribution in [0.2, 0.25) is 0 Å². The number of amides is 1. The number of rotatable bonds is 2. The van der Waals surface area contributed by atoms with E-state index in [2.05, 4.69) is 0 Å². The van der Waals surface area contributed by atoms with E-state index in [-0.39, 0.29) is 11.0 Å². The third-order valence-corrected chi connectivity index (χ3v) is 2.34. The number of nitrogens with zero attached hydrogens (tertiary/aromatic N) is 2. The molecule has 0 aromatic heterocycles. The number of anilines is 2. The van der Waals surface area contributed by atoms with Crippen LogP contribution in [0.4, 0.5) is 11.4 Å². The molecular weight excluding hydrogens is 222 g/mol. The fourth-order valence-corrected chi connectivity index (χ4v) is 1.60. The zero-order valence-electron chi connectivity index (χ0n) is 9.60. The molecule has 86 valence electrons. The summed E-state index contributed by atoms with van der Waals surface area (Å²) in [5, 5.41) is 0.0603. The van der Waals surface area contributed by atoms with Crippen LogP contribution in [-0.2, 0) is 4.79 Å². The van der Waals surface area contributed by atoms with Gasteiger partial charge >= 0.3 is 0 Å². The Kier molecular flexibility index (Phi) is 3.84. The van der Waals surface area contributed by atoms with Gasteiger partial charge in [0.15, 0.2) is 5.11 Å². The molecule has 0 unspecified atom stereocenters. The Hall–Kier alpha value is -1.62. The van der Waals surface area contributed by atoms with Crippen LogP contribution in [0.5, 0.6) is 0 Å². The van der Waals surface area contributed by atoms with Gasteiger partial charge < -0.3 is 10.6 Å². The molecule has 0 spiro atoms. The van der Waals surface area contributed by atoms with Gasteiger partial charge in [-0.3, -0.25) is 9.69 Å². The number of carbonyl (C=O) groups excluding carboxylic acids is 1. The van der Waals surface area contributed by atoms with Crippen LogP contribution in [0.15, 0.2) is 24.3 Å². The van der Waals surface area contributed by atoms with E-state index < -0.39 is 0 Å². The zero-order chi connectivity index (χ0) is 12.3. The van der Waals surface area contributed by atoms with Crippen molar-refractivity contribution < 1.29 is 4.79 Å². The van der Waals surface area contributed by atoms with Gasteiger partial charge in [0.25, 0.3) is 0 Å². The van der Waals surface area contributed by atoms with Crippen LogP contribution < -0.4 is 15.5 Å². The van der Waals surface area contributed by atoms with Gasteiger partial charge in [0, 0.05) is 26.7 Å². The molecule has 0 radical (unpaired) electrons. The highest BCUT2D eigenvalue weighted by Gasteiger charge is 2.13. The topological polar surface area (TPSA) is 49.6 Å². The molecule has 16 heavy (non-hydrogen) atoms. The lowest BCUT2D eigenvalue weighted by atomic mass is 10.2. The Bertz CT molecular complexity index is 386. The largest absolute Gasteiger partial charge is 0.378 e. The fraction of sp³-hybridized carbons (Fsp3) is 0.273. The maximum atomic E-state index is 11.4. The molecule has 1 amide bonds. The second-order valence-corrected chi connectivity index (χ2v) is 4.02. The smallest absolute Gasteiger partial charge is 0.230 e. The van der Waals surface area contributed by atoms with Crippen molar-refractivity contribution in [3.05, 3.63) is 24.3 Å². The first-order chi connectivity index (χ1) is 7.43. The van der Waals surface area contributed by atoms with Gasteiger partial charge in [0.2, 0.25) is 5.91 Å². The van der Waals surface area contributed by atoms with Crippen molar-refractivity contribution in [2.45, 2.75) is 6.92 Å². The summed E-state index contributed by atoms with van der Waals surface area (Å²) in [6.45, 7) is 1.43. The first-order valence-corrected chi connectivity index (χ1v) is 5.22. The molecule has 0 heterocycles. The van der Waals surface area contributed by atoms with Crippen LogP contribution in [0.25, 0.3) is 0 Å².